The van der Waals surface area contributed by atoms with Crippen LogP contribution in [0.4, 0.5) is 0 Å². The number of amides is 2. The molecular weight excluding hydrogens is 278 g/mol. The smallest absolute Gasteiger partial charge is 0.247 e. The Morgan fingerprint density at radius 1 is 0.864 bits per heavy atom. The van der Waals surface area contributed by atoms with E-state index in [9.17, 15) is 9.59 Å². The third-order valence-electron chi connectivity index (χ3n) is 4.17. The van der Waals surface area contributed by atoms with E-state index in [1.54, 1.807) is 0 Å². The molecular formula is C17H34N3O2. The van der Waals surface area contributed by atoms with Crippen molar-refractivity contribution in [3.8, 4) is 0 Å². The Hall–Kier alpha value is -1.10. The van der Waals surface area contributed by atoms with E-state index >= 15 is 0 Å². The van der Waals surface area contributed by atoms with Crippen molar-refractivity contribution < 1.29 is 9.59 Å². The van der Waals surface area contributed by atoms with Gasteiger partial charge in [-0.2, -0.15) is 0 Å². The highest BCUT2D eigenvalue weighted by atomic mass is 16.2. The summed E-state index contributed by atoms with van der Waals surface area (Å²) in [6, 6.07) is 0. The molecule has 0 aromatic rings. The minimum Gasteiger partial charge on any atom is -0.368 e. The van der Waals surface area contributed by atoms with Crippen molar-refractivity contribution in [2.24, 2.45) is 11.5 Å². The number of carbonyl (C=O) groups is 2. The van der Waals surface area contributed by atoms with E-state index in [4.69, 9.17) is 11.5 Å². The van der Waals surface area contributed by atoms with Gasteiger partial charge in [-0.25, -0.2) is 0 Å². The zero-order valence-electron chi connectivity index (χ0n) is 14.2. The molecule has 1 radical (unpaired) electrons. The van der Waals surface area contributed by atoms with E-state index in [1.165, 1.54) is 51.4 Å². The molecule has 0 atom stereocenters. The first-order valence-corrected chi connectivity index (χ1v) is 8.65. The number of primary amides is 2. The summed E-state index contributed by atoms with van der Waals surface area (Å²) in [6.45, 7) is 6.39. The Morgan fingerprint density at radius 3 is 1.64 bits per heavy atom. The summed E-state index contributed by atoms with van der Waals surface area (Å²) in [5.41, 5.74) is 9.04. The van der Waals surface area contributed by atoms with Crippen LogP contribution in [0.5, 0.6) is 0 Å². The predicted molar refractivity (Wildman–Crippen MR) is 90.9 cm³/mol. The second-order valence-electron chi connectivity index (χ2n) is 5.99. The fourth-order valence-corrected chi connectivity index (χ4v) is 2.54. The highest BCUT2D eigenvalue weighted by Gasteiger charge is 2.40. The van der Waals surface area contributed by atoms with Gasteiger partial charge in [-0.05, 0) is 19.4 Å². The van der Waals surface area contributed by atoms with E-state index in [1.807, 2.05) is 0 Å². The Morgan fingerprint density at radius 2 is 1.27 bits per heavy atom. The van der Waals surface area contributed by atoms with Crippen LogP contribution in [0.1, 0.15) is 77.6 Å². The number of nitrogens with one attached hydrogen (secondary N) is 1. The van der Waals surface area contributed by atoms with Gasteiger partial charge in [0.25, 0.3) is 0 Å². The minimum absolute atomic E-state index is 0.0371. The molecule has 0 bridgehead atoms. The second kappa shape index (κ2) is 12.4. The molecule has 0 saturated carbocycles. The minimum atomic E-state index is -1.50. The van der Waals surface area contributed by atoms with Gasteiger partial charge in [0, 0.05) is 0 Å². The number of carbonyl (C=O) groups excluding carboxylic acids is 2. The zero-order valence-corrected chi connectivity index (χ0v) is 14.2. The molecule has 5 nitrogen and oxygen atoms in total. The molecule has 22 heavy (non-hydrogen) atoms. The molecule has 0 saturated heterocycles. The van der Waals surface area contributed by atoms with Crippen LogP contribution < -0.4 is 16.8 Å². The van der Waals surface area contributed by atoms with Crippen molar-refractivity contribution in [3.05, 3.63) is 6.92 Å². The fourth-order valence-electron chi connectivity index (χ4n) is 2.54. The van der Waals surface area contributed by atoms with Crippen LogP contribution in [-0.2, 0) is 9.59 Å². The lowest BCUT2D eigenvalue weighted by molar-refractivity contribution is -0.135. The van der Waals surface area contributed by atoms with Crippen LogP contribution in [0.3, 0.4) is 0 Å². The molecule has 0 aliphatic carbocycles. The molecule has 5 heteroatoms. The molecule has 0 heterocycles. The van der Waals surface area contributed by atoms with Crippen LogP contribution in [0, 0.1) is 6.92 Å². The Bertz CT molecular complexity index is 305. The molecule has 0 fully saturated rings. The first kappa shape index (κ1) is 20.9. The predicted octanol–water partition coefficient (Wildman–Crippen LogP) is 2.43. The van der Waals surface area contributed by atoms with E-state index in [0.717, 1.165) is 12.8 Å². The van der Waals surface area contributed by atoms with Gasteiger partial charge >= 0.3 is 0 Å². The SMILES string of the molecule is [CH2]CC(NCCCCCCCCCCCC)(C(N)=O)C(N)=O. The third-order valence-corrected chi connectivity index (χ3v) is 4.17. The quantitative estimate of drug-likeness (QED) is 0.320. The van der Waals surface area contributed by atoms with Gasteiger partial charge < -0.3 is 11.5 Å². The van der Waals surface area contributed by atoms with E-state index < -0.39 is 17.4 Å². The summed E-state index contributed by atoms with van der Waals surface area (Å²) in [4.78, 5) is 22.9. The van der Waals surface area contributed by atoms with E-state index in [-0.39, 0.29) is 6.42 Å². The van der Waals surface area contributed by atoms with E-state index in [2.05, 4.69) is 19.2 Å². The maximum atomic E-state index is 11.4. The molecule has 0 spiro atoms. The van der Waals surface area contributed by atoms with Crippen LogP contribution in [0.15, 0.2) is 0 Å². The average molecular weight is 312 g/mol. The molecule has 0 unspecified atom stereocenters. The van der Waals surface area contributed by atoms with Crippen molar-refractivity contribution in [1.29, 1.82) is 0 Å². The lowest BCUT2D eigenvalue weighted by atomic mass is 9.94. The van der Waals surface area contributed by atoms with Crippen molar-refractivity contribution in [2.75, 3.05) is 6.54 Å². The lowest BCUT2D eigenvalue weighted by Gasteiger charge is -2.27. The highest BCUT2D eigenvalue weighted by molar-refractivity contribution is 6.08. The summed E-state index contributed by atoms with van der Waals surface area (Å²) in [5.74, 6) is -1.50. The second-order valence-corrected chi connectivity index (χ2v) is 5.99. The van der Waals surface area contributed by atoms with Crippen LogP contribution >= 0.6 is 0 Å². The molecule has 2 amide bonds. The molecule has 0 rings (SSSR count). The standard InChI is InChI=1S/C17H34N3O2/c1-3-5-6-7-8-9-10-11-12-13-14-20-17(4-2,15(18)21)16(19)22/h20H,2-14H2,1H3,(H2,18,21)(H2,19,22). The van der Waals surface area contributed by atoms with Crippen molar-refractivity contribution in [3.63, 3.8) is 0 Å². The third kappa shape index (κ3) is 7.78. The van der Waals surface area contributed by atoms with Gasteiger partial charge in [0.2, 0.25) is 11.8 Å². The maximum absolute atomic E-state index is 11.4. The van der Waals surface area contributed by atoms with Crippen LogP contribution in [-0.4, -0.2) is 23.9 Å². The summed E-state index contributed by atoms with van der Waals surface area (Å²) >= 11 is 0. The summed E-state index contributed by atoms with van der Waals surface area (Å²) in [7, 11) is 0. The Labute approximate surface area is 135 Å². The largest absolute Gasteiger partial charge is 0.368 e. The molecule has 0 aromatic carbocycles. The molecule has 0 aliphatic rings. The average Bonchev–Trinajstić information content (AvgIpc) is 2.48. The molecule has 0 aliphatic heterocycles. The van der Waals surface area contributed by atoms with Gasteiger partial charge in [0.05, 0.1) is 0 Å². The normalized spacial score (nSPS) is 11.5. The number of nitrogens with two attached hydrogens (primary N) is 2. The molecule has 0 aromatic heterocycles. The summed E-state index contributed by atoms with van der Waals surface area (Å²) in [6.07, 6.45) is 12.4. The van der Waals surface area contributed by atoms with E-state index in [0.29, 0.717) is 6.54 Å². The molecule has 129 valence electrons. The van der Waals surface area contributed by atoms with Crippen LogP contribution in [0.25, 0.3) is 0 Å². The summed E-state index contributed by atoms with van der Waals surface area (Å²) < 4.78 is 0. The Kier molecular flexibility index (Phi) is 11.8. The molecule has 5 N–H and O–H groups in total. The van der Waals surface area contributed by atoms with Gasteiger partial charge in [0.15, 0.2) is 5.54 Å². The Balaban J connectivity index is 3.67. The topological polar surface area (TPSA) is 98.2 Å². The number of hydrogen-bond acceptors (Lipinski definition) is 3. The summed E-state index contributed by atoms with van der Waals surface area (Å²) in [5, 5.41) is 2.90. The van der Waals surface area contributed by atoms with Crippen molar-refractivity contribution in [2.45, 2.75) is 83.1 Å². The number of unbranched alkanes of at least 4 members (excludes halogenated alkanes) is 9. The van der Waals surface area contributed by atoms with Crippen molar-refractivity contribution >= 4 is 11.8 Å². The fraction of sp³-hybridized carbons (Fsp3) is 0.824. The van der Waals surface area contributed by atoms with Crippen LogP contribution in [0.2, 0.25) is 0 Å². The first-order chi connectivity index (χ1) is 10.5. The first-order valence-electron chi connectivity index (χ1n) is 8.65. The van der Waals surface area contributed by atoms with Crippen molar-refractivity contribution in [1.82, 2.24) is 5.32 Å². The monoisotopic (exact) mass is 312 g/mol. The van der Waals surface area contributed by atoms with Gasteiger partial charge in [-0.15, -0.1) is 0 Å². The van der Waals surface area contributed by atoms with Gasteiger partial charge in [-0.3, -0.25) is 14.9 Å². The number of hydrogen-bond donors (Lipinski definition) is 3. The highest BCUT2D eigenvalue weighted by Crippen LogP contribution is 2.12. The number of rotatable bonds is 15. The maximum Gasteiger partial charge on any atom is 0.247 e. The van der Waals surface area contributed by atoms with Gasteiger partial charge in [0.1, 0.15) is 0 Å². The zero-order chi connectivity index (χ0) is 16.8. The lowest BCUT2D eigenvalue weighted by Crippen LogP contribution is -2.63. The van der Waals surface area contributed by atoms with Gasteiger partial charge in [-0.1, -0.05) is 71.6 Å².